The monoisotopic (exact) mass is 371 g/mol. The van der Waals surface area contributed by atoms with Crippen molar-refractivity contribution < 1.29 is 9.59 Å². The van der Waals surface area contributed by atoms with Crippen molar-refractivity contribution in [2.24, 2.45) is 0 Å². The van der Waals surface area contributed by atoms with Gasteiger partial charge in [-0.3, -0.25) is 14.5 Å². The molecular weight excluding hydrogens is 350 g/mol. The van der Waals surface area contributed by atoms with Crippen molar-refractivity contribution >= 4 is 29.0 Å². The van der Waals surface area contributed by atoms with E-state index < -0.39 is 0 Å². The number of hydrogen-bond donors (Lipinski definition) is 1. The molecule has 0 spiro atoms. The van der Waals surface area contributed by atoms with Crippen LogP contribution in [0.15, 0.2) is 48.5 Å². The quantitative estimate of drug-likeness (QED) is 0.821. The molecule has 6 heteroatoms. The fourth-order valence-electron chi connectivity index (χ4n) is 2.90. The first kappa shape index (κ1) is 18.6. The van der Waals surface area contributed by atoms with Crippen LogP contribution in [-0.4, -0.2) is 61.3 Å². The summed E-state index contributed by atoms with van der Waals surface area (Å²) in [5.74, 6) is -0.190. The lowest BCUT2D eigenvalue weighted by atomic mass is 10.1. The van der Waals surface area contributed by atoms with E-state index in [-0.39, 0.29) is 11.7 Å². The average molecular weight is 372 g/mol. The molecule has 136 valence electrons. The first-order chi connectivity index (χ1) is 12.5. The third-order valence-corrected chi connectivity index (χ3v) is 4.73. The first-order valence-corrected chi connectivity index (χ1v) is 9.00. The highest BCUT2D eigenvalue weighted by Gasteiger charge is 2.18. The van der Waals surface area contributed by atoms with Gasteiger partial charge in [-0.2, -0.15) is 0 Å². The Hall–Kier alpha value is -2.21. The van der Waals surface area contributed by atoms with E-state index in [1.54, 1.807) is 48.5 Å². The van der Waals surface area contributed by atoms with Crippen LogP contribution in [0.1, 0.15) is 20.7 Å². The van der Waals surface area contributed by atoms with Gasteiger partial charge < -0.3 is 10.2 Å². The summed E-state index contributed by atoms with van der Waals surface area (Å²) in [4.78, 5) is 29.3. The molecule has 2 aromatic rings. The zero-order chi connectivity index (χ0) is 18.5. The molecule has 5 nitrogen and oxygen atoms in total. The summed E-state index contributed by atoms with van der Waals surface area (Å²) in [6.45, 7) is 4.15. The number of amides is 1. The van der Waals surface area contributed by atoms with Crippen LogP contribution in [0, 0.1) is 0 Å². The third-order valence-electron chi connectivity index (χ3n) is 4.49. The molecule has 0 atom stereocenters. The molecule has 2 aromatic carbocycles. The number of benzene rings is 2. The molecule has 3 rings (SSSR count). The number of hydrogen-bond acceptors (Lipinski definition) is 4. The molecule has 0 radical (unpaired) electrons. The highest BCUT2D eigenvalue weighted by molar-refractivity contribution is 6.31. The molecule has 1 aliphatic rings. The molecular formula is C20H22ClN3O2. The number of nitrogens with one attached hydrogen (secondary N) is 1. The Kier molecular flexibility index (Phi) is 6.04. The van der Waals surface area contributed by atoms with Gasteiger partial charge in [0.15, 0.2) is 5.78 Å². The van der Waals surface area contributed by atoms with Crippen molar-refractivity contribution in [3.8, 4) is 0 Å². The van der Waals surface area contributed by atoms with Gasteiger partial charge in [-0.05, 0) is 37.4 Å². The fraction of sp³-hybridized carbons (Fsp3) is 0.300. The smallest absolute Gasteiger partial charge is 0.255 e. The standard InChI is InChI=1S/C20H22ClN3O2/c1-23-8-10-24(11-9-23)14-19(25)15-4-3-7-18(13-15)22-20(26)16-5-2-6-17(21)12-16/h2-7,12-13H,8-11,14H2,1H3,(H,22,26). The summed E-state index contributed by atoms with van der Waals surface area (Å²) in [6.07, 6.45) is 0. The van der Waals surface area contributed by atoms with E-state index in [0.29, 0.717) is 28.4 Å². The van der Waals surface area contributed by atoms with Crippen LogP contribution in [0.5, 0.6) is 0 Å². The van der Waals surface area contributed by atoms with E-state index in [9.17, 15) is 9.59 Å². The van der Waals surface area contributed by atoms with Crippen molar-refractivity contribution in [3.05, 3.63) is 64.7 Å². The van der Waals surface area contributed by atoms with Crippen molar-refractivity contribution in [1.82, 2.24) is 9.80 Å². The second-order valence-corrected chi connectivity index (χ2v) is 6.98. The Morgan fingerprint density at radius 3 is 2.42 bits per heavy atom. The van der Waals surface area contributed by atoms with Gasteiger partial charge in [-0.1, -0.05) is 29.8 Å². The Morgan fingerprint density at radius 2 is 1.69 bits per heavy atom. The van der Waals surface area contributed by atoms with E-state index in [1.165, 1.54) is 0 Å². The maximum atomic E-state index is 12.6. The SMILES string of the molecule is CN1CCN(CC(=O)c2cccc(NC(=O)c3cccc(Cl)c3)c2)CC1. The number of halogens is 1. The minimum absolute atomic E-state index is 0.0633. The van der Waals surface area contributed by atoms with E-state index in [0.717, 1.165) is 26.2 Å². The summed E-state index contributed by atoms with van der Waals surface area (Å²) in [5.41, 5.74) is 1.68. The average Bonchev–Trinajstić information content (AvgIpc) is 2.64. The normalized spacial score (nSPS) is 15.6. The second kappa shape index (κ2) is 8.45. The summed E-state index contributed by atoms with van der Waals surface area (Å²) in [6, 6.07) is 13.8. The van der Waals surface area contributed by atoms with E-state index in [2.05, 4.69) is 22.2 Å². The molecule has 0 unspecified atom stereocenters. The highest BCUT2D eigenvalue weighted by Crippen LogP contribution is 2.16. The molecule has 1 fully saturated rings. The van der Waals surface area contributed by atoms with Gasteiger partial charge >= 0.3 is 0 Å². The van der Waals surface area contributed by atoms with Crippen LogP contribution in [0.2, 0.25) is 5.02 Å². The first-order valence-electron chi connectivity index (χ1n) is 8.62. The molecule has 0 aromatic heterocycles. The molecule has 1 heterocycles. The maximum absolute atomic E-state index is 12.6. The largest absolute Gasteiger partial charge is 0.322 e. The fourth-order valence-corrected chi connectivity index (χ4v) is 3.09. The number of likely N-dealkylation sites (N-methyl/N-ethyl adjacent to an activating group) is 1. The molecule has 0 bridgehead atoms. The number of nitrogens with zero attached hydrogens (tertiary/aromatic N) is 2. The lowest BCUT2D eigenvalue weighted by molar-refractivity contribution is 0.0876. The number of carbonyl (C=O) groups excluding carboxylic acids is 2. The third kappa shape index (κ3) is 4.91. The lowest BCUT2D eigenvalue weighted by Gasteiger charge is -2.31. The van der Waals surface area contributed by atoms with Crippen LogP contribution in [0.25, 0.3) is 0 Å². The molecule has 1 amide bonds. The van der Waals surface area contributed by atoms with Crippen LogP contribution in [0.3, 0.4) is 0 Å². The van der Waals surface area contributed by atoms with Crippen molar-refractivity contribution in [2.45, 2.75) is 0 Å². The van der Waals surface area contributed by atoms with Crippen molar-refractivity contribution in [3.63, 3.8) is 0 Å². The van der Waals surface area contributed by atoms with Crippen LogP contribution < -0.4 is 5.32 Å². The summed E-state index contributed by atoms with van der Waals surface area (Å²) in [7, 11) is 2.09. The number of carbonyl (C=O) groups is 2. The zero-order valence-electron chi connectivity index (χ0n) is 14.7. The predicted octanol–water partition coefficient (Wildman–Crippen LogP) is 3.02. The maximum Gasteiger partial charge on any atom is 0.255 e. The van der Waals surface area contributed by atoms with E-state index >= 15 is 0 Å². The number of Topliss-reactive ketones (excluding diaryl/α,β-unsaturated/α-hetero) is 1. The van der Waals surface area contributed by atoms with E-state index in [1.807, 2.05) is 0 Å². The zero-order valence-corrected chi connectivity index (χ0v) is 15.5. The number of ketones is 1. The summed E-state index contributed by atoms with van der Waals surface area (Å²) < 4.78 is 0. The van der Waals surface area contributed by atoms with Gasteiger partial charge in [0.1, 0.15) is 0 Å². The Bertz CT molecular complexity index is 801. The van der Waals surface area contributed by atoms with Crippen molar-refractivity contribution in [1.29, 1.82) is 0 Å². The van der Waals surface area contributed by atoms with Gasteiger partial charge in [0, 0.05) is 48.0 Å². The Labute approximate surface area is 158 Å². The van der Waals surface area contributed by atoms with Gasteiger partial charge in [-0.15, -0.1) is 0 Å². The van der Waals surface area contributed by atoms with Gasteiger partial charge in [-0.25, -0.2) is 0 Å². The minimum atomic E-state index is -0.254. The molecule has 0 aliphatic carbocycles. The second-order valence-electron chi connectivity index (χ2n) is 6.55. The van der Waals surface area contributed by atoms with Gasteiger partial charge in [0.25, 0.3) is 5.91 Å². The molecule has 26 heavy (non-hydrogen) atoms. The number of anilines is 1. The molecule has 0 saturated carbocycles. The molecule has 1 N–H and O–H groups in total. The van der Waals surface area contributed by atoms with Gasteiger partial charge in [0.05, 0.1) is 6.54 Å². The predicted molar refractivity (Wildman–Crippen MR) is 104 cm³/mol. The number of rotatable bonds is 5. The summed E-state index contributed by atoms with van der Waals surface area (Å²) in [5, 5.41) is 3.33. The van der Waals surface area contributed by atoms with Crippen LogP contribution in [-0.2, 0) is 0 Å². The lowest BCUT2D eigenvalue weighted by Crippen LogP contribution is -2.46. The Morgan fingerprint density at radius 1 is 1.00 bits per heavy atom. The van der Waals surface area contributed by atoms with Crippen LogP contribution >= 0.6 is 11.6 Å². The highest BCUT2D eigenvalue weighted by atomic mass is 35.5. The minimum Gasteiger partial charge on any atom is -0.322 e. The van der Waals surface area contributed by atoms with Gasteiger partial charge in [0.2, 0.25) is 0 Å². The molecule has 1 aliphatic heterocycles. The Balaban J connectivity index is 1.64. The van der Waals surface area contributed by atoms with E-state index in [4.69, 9.17) is 11.6 Å². The summed E-state index contributed by atoms with van der Waals surface area (Å²) >= 11 is 5.93. The number of piperazine rings is 1. The molecule has 1 saturated heterocycles. The van der Waals surface area contributed by atoms with Crippen molar-refractivity contribution in [2.75, 3.05) is 45.1 Å². The topological polar surface area (TPSA) is 52.6 Å². The van der Waals surface area contributed by atoms with Crippen LogP contribution in [0.4, 0.5) is 5.69 Å².